The lowest BCUT2D eigenvalue weighted by atomic mass is 10.1. The van der Waals surface area contributed by atoms with Crippen molar-refractivity contribution in [3.05, 3.63) is 35.1 Å². The van der Waals surface area contributed by atoms with Gasteiger partial charge >= 0.3 is 0 Å². The van der Waals surface area contributed by atoms with Crippen LogP contribution in [-0.4, -0.2) is 46.2 Å². The molecular weight excluding hydrogens is 304 g/mol. The summed E-state index contributed by atoms with van der Waals surface area (Å²) < 4.78 is 31.3. The summed E-state index contributed by atoms with van der Waals surface area (Å²) in [5.41, 5.74) is 1.76. The molecule has 1 fully saturated rings. The highest BCUT2D eigenvalue weighted by atomic mass is 19.3. The molecule has 0 spiro atoms. The minimum absolute atomic E-state index is 0.244. The Morgan fingerprint density at radius 2 is 1.83 bits per heavy atom. The van der Waals surface area contributed by atoms with E-state index in [-0.39, 0.29) is 5.69 Å². The third-order valence-electron chi connectivity index (χ3n) is 4.15. The number of anilines is 1. The molecule has 2 aromatic heterocycles. The third-order valence-corrected chi connectivity index (χ3v) is 4.15. The molecule has 2 aromatic rings. The summed E-state index contributed by atoms with van der Waals surface area (Å²) in [5.74, 6) is 1.12. The van der Waals surface area contributed by atoms with Gasteiger partial charge in [0.2, 0.25) is 0 Å². The molecule has 0 aromatic carbocycles. The molecule has 3 heterocycles. The van der Waals surface area contributed by atoms with Crippen molar-refractivity contribution in [3.8, 4) is 0 Å². The fraction of sp³-hybridized carbons (Fsp3) is 0.533. The molecule has 0 atom stereocenters. The number of hydrogen-bond acceptors (Lipinski definition) is 6. The third kappa shape index (κ3) is 3.31. The Balaban J connectivity index is 1.65. The van der Waals surface area contributed by atoms with Gasteiger partial charge in [-0.3, -0.25) is 4.90 Å². The Bertz CT molecular complexity index is 648. The van der Waals surface area contributed by atoms with Crippen LogP contribution >= 0.6 is 0 Å². The maximum atomic E-state index is 13.0. The number of nitrogens with zero attached hydrogens (tertiary/aromatic N) is 5. The maximum absolute atomic E-state index is 13.0. The van der Waals surface area contributed by atoms with Crippen LogP contribution in [0.25, 0.3) is 0 Å². The van der Waals surface area contributed by atoms with E-state index in [4.69, 9.17) is 4.52 Å². The predicted octanol–water partition coefficient (Wildman–Crippen LogP) is 2.34. The van der Waals surface area contributed by atoms with Gasteiger partial charge in [0.25, 0.3) is 6.43 Å². The van der Waals surface area contributed by atoms with Crippen LogP contribution < -0.4 is 4.90 Å². The summed E-state index contributed by atoms with van der Waals surface area (Å²) in [6.07, 6.45) is 0.148. The minimum atomic E-state index is -2.61. The Morgan fingerprint density at radius 3 is 2.43 bits per heavy atom. The molecule has 3 rings (SSSR count). The van der Waals surface area contributed by atoms with Crippen molar-refractivity contribution in [2.75, 3.05) is 31.1 Å². The minimum Gasteiger partial charge on any atom is -0.361 e. The van der Waals surface area contributed by atoms with E-state index in [2.05, 4.69) is 20.0 Å². The predicted molar refractivity (Wildman–Crippen MR) is 80.5 cm³/mol. The average molecular weight is 323 g/mol. The van der Waals surface area contributed by atoms with E-state index in [1.54, 1.807) is 0 Å². The molecular formula is C15H19F2N5O. The molecule has 6 nitrogen and oxygen atoms in total. The van der Waals surface area contributed by atoms with Crippen molar-refractivity contribution in [1.82, 2.24) is 20.0 Å². The van der Waals surface area contributed by atoms with Crippen LogP contribution in [0.5, 0.6) is 0 Å². The Kier molecular flexibility index (Phi) is 4.51. The van der Waals surface area contributed by atoms with Crippen molar-refractivity contribution in [2.45, 2.75) is 26.8 Å². The smallest absolute Gasteiger partial charge is 0.284 e. The second-order valence-electron chi connectivity index (χ2n) is 5.63. The Labute approximate surface area is 133 Å². The summed E-state index contributed by atoms with van der Waals surface area (Å²) >= 11 is 0. The molecule has 0 amide bonds. The number of hydrogen-bond donors (Lipinski definition) is 0. The lowest BCUT2D eigenvalue weighted by molar-refractivity contribution is 0.145. The summed E-state index contributed by atoms with van der Waals surface area (Å²) in [5, 5.41) is 3.96. The summed E-state index contributed by atoms with van der Waals surface area (Å²) in [4.78, 5) is 12.0. The van der Waals surface area contributed by atoms with Crippen LogP contribution in [0.15, 0.2) is 16.9 Å². The van der Waals surface area contributed by atoms with Crippen LogP contribution in [0.1, 0.15) is 29.1 Å². The summed E-state index contributed by atoms with van der Waals surface area (Å²) in [6.45, 7) is 7.41. The van der Waals surface area contributed by atoms with E-state index in [0.29, 0.717) is 18.9 Å². The van der Waals surface area contributed by atoms with Crippen molar-refractivity contribution in [2.24, 2.45) is 0 Å². The zero-order chi connectivity index (χ0) is 16.4. The molecule has 1 aliphatic heterocycles. The van der Waals surface area contributed by atoms with Crippen LogP contribution in [0.2, 0.25) is 0 Å². The number of piperazine rings is 1. The number of alkyl halides is 2. The molecule has 8 heteroatoms. The first-order valence-corrected chi connectivity index (χ1v) is 7.54. The van der Waals surface area contributed by atoms with Gasteiger partial charge in [0.1, 0.15) is 11.5 Å². The highest BCUT2D eigenvalue weighted by molar-refractivity contribution is 5.44. The van der Waals surface area contributed by atoms with E-state index in [1.807, 2.05) is 18.7 Å². The first-order chi connectivity index (χ1) is 11.1. The molecule has 1 aliphatic rings. The molecule has 124 valence electrons. The summed E-state index contributed by atoms with van der Waals surface area (Å²) in [7, 11) is 0. The van der Waals surface area contributed by atoms with Gasteiger partial charge in [-0.05, 0) is 13.8 Å². The molecule has 1 saturated heterocycles. The fourth-order valence-electron chi connectivity index (χ4n) is 2.81. The lowest BCUT2D eigenvalue weighted by Gasteiger charge is -2.35. The number of aromatic nitrogens is 3. The highest BCUT2D eigenvalue weighted by Gasteiger charge is 2.25. The van der Waals surface area contributed by atoms with Gasteiger partial charge in [0.15, 0.2) is 5.82 Å². The quantitative estimate of drug-likeness (QED) is 0.861. The second kappa shape index (κ2) is 6.57. The van der Waals surface area contributed by atoms with Gasteiger partial charge in [0.05, 0.1) is 5.69 Å². The van der Waals surface area contributed by atoms with Gasteiger partial charge in [-0.2, -0.15) is 0 Å². The summed E-state index contributed by atoms with van der Waals surface area (Å²) in [6, 6.07) is 0. The fourth-order valence-corrected chi connectivity index (χ4v) is 2.81. The zero-order valence-electron chi connectivity index (χ0n) is 13.2. The molecule has 0 aliphatic carbocycles. The van der Waals surface area contributed by atoms with Gasteiger partial charge < -0.3 is 9.42 Å². The molecule has 0 N–H and O–H groups in total. The van der Waals surface area contributed by atoms with Gasteiger partial charge in [-0.1, -0.05) is 5.16 Å². The monoisotopic (exact) mass is 323 g/mol. The zero-order valence-corrected chi connectivity index (χ0v) is 13.2. The van der Waals surface area contributed by atoms with Gasteiger partial charge in [-0.15, -0.1) is 0 Å². The van der Waals surface area contributed by atoms with Crippen molar-refractivity contribution in [1.29, 1.82) is 0 Å². The second-order valence-corrected chi connectivity index (χ2v) is 5.63. The van der Waals surface area contributed by atoms with E-state index in [9.17, 15) is 8.78 Å². The van der Waals surface area contributed by atoms with E-state index in [1.165, 1.54) is 12.4 Å². The van der Waals surface area contributed by atoms with Crippen LogP contribution in [0.4, 0.5) is 14.6 Å². The lowest BCUT2D eigenvalue weighted by Crippen LogP contribution is -2.46. The van der Waals surface area contributed by atoms with E-state index >= 15 is 0 Å². The number of rotatable bonds is 4. The first-order valence-electron chi connectivity index (χ1n) is 7.54. The Morgan fingerprint density at radius 1 is 1.13 bits per heavy atom. The molecule has 0 saturated carbocycles. The molecule has 0 radical (unpaired) electrons. The van der Waals surface area contributed by atoms with E-state index < -0.39 is 6.43 Å². The van der Waals surface area contributed by atoms with Crippen molar-refractivity contribution >= 4 is 5.82 Å². The normalized spacial score (nSPS) is 16.3. The van der Waals surface area contributed by atoms with Gasteiger partial charge in [-0.25, -0.2) is 18.7 Å². The number of halogens is 2. The van der Waals surface area contributed by atoms with E-state index in [0.717, 1.165) is 36.7 Å². The highest BCUT2D eigenvalue weighted by Crippen LogP contribution is 2.26. The number of aryl methyl sites for hydroxylation is 2. The molecule has 0 unspecified atom stereocenters. The van der Waals surface area contributed by atoms with Crippen LogP contribution in [-0.2, 0) is 6.54 Å². The standard InChI is InChI=1S/C15H19F2N5O/c1-10-12(11(2)23-20-10)9-21-5-7-22(8-6-21)15-13(14(16)17)18-3-4-19-15/h3-4,14H,5-9H2,1-2H3. The maximum Gasteiger partial charge on any atom is 0.284 e. The Hall–Kier alpha value is -2.09. The van der Waals surface area contributed by atoms with Crippen molar-refractivity contribution in [3.63, 3.8) is 0 Å². The van der Waals surface area contributed by atoms with Crippen molar-refractivity contribution < 1.29 is 13.3 Å². The van der Waals surface area contributed by atoms with Crippen LogP contribution in [0, 0.1) is 13.8 Å². The SMILES string of the molecule is Cc1noc(C)c1CN1CCN(c2nccnc2C(F)F)CC1. The molecule has 0 bridgehead atoms. The average Bonchev–Trinajstić information content (AvgIpc) is 2.87. The first kappa shape index (κ1) is 15.8. The largest absolute Gasteiger partial charge is 0.361 e. The topological polar surface area (TPSA) is 58.3 Å². The van der Waals surface area contributed by atoms with Crippen LogP contribution in [0.3, 0.4) is 0 Å². The molecule has 23 heavy (non-hydrogen) atoms. The van der Waals surface area contributed by atoms with Gasteiger partial charge in [0, 0.05) is 50.7 Å².